The van der Waals surface area contributed by atoms with Gasteiger partial charge >= 0.3 is 0 Å². The van der Waals surface area contributed by atoms with Gasteiger partial charge < -0.3 is 14.9 Å². The smallest absolute Gasteiger partial charge is 0.240 e. The first-order valence-electron chi connectivity index (χ1n) is 15.0. The van der Waals surface area contributed by atoms with Gasteiger partial charge in [0.25, 0.3) is 0 Å². The van der Waals surface area contributed by atoms with Crippen LogP contribution in [0.15, 0.2) is 29.4 Å². The lowest BCUT2D eigenvalue weighted by Gasteiger charge is -2.62. The maximum Gasteiger partial charge on any atom is 0.240 e. The average Bonchev–Trinajstić information content (AvgIpc) is 3.27. The molecule has 4 aliphatic rings. The van der Waals surface area contributed by atoms with Crippen molar-refractivity contribution >= 4 is 12.1 Å². The zero-order chi connectivity index (χ0) is 27.1. The number of rotatable bonds is 7. The summed E-state index contributed by atoms with van der Waals surface area (Å²) in [6.07, 6.45) is 11.2. The molecular weight excluding hydrogens is 476 g/mol. The molecule has 0 saturated heterocycles. The summed E-state index contributed by atoms with van der Waals surface area (Å²) in [5, 5.41) is 26.2. The van der Waals surface area contributed by atoms with E-state index in [-0.39, 0.29) is 28.9 Å². The van der Waals surface area contributed by atoms with Crippen molar-refractivity contribution in [3.8, 4) is 5.75 Å². The molecule has 6 nitrogen and oxygen atoms in total. The number of hydrogen-bond donors (Lipinski definition) is 3. The van der Waals surface area contributed by atoms with Gasteiger partial charge in [0, 0.05) is 6.42 Å². The van der Waals surface area contributed by atoms with Gasteiger partial charge in [0.1, 0.15) is 5.75 Å². The fraction of sp³-hybridized carbons (Fsp3) is 0.750. The highest BCUT2D eigenvalue weighted by molar-refractivity contribution is 5.82. The van der Waals surface area contributed by atoms with Crippen molar-refractivity contribution in [3.05, 3.63) is 29.8 Å². The van der Waals surface area contributed by atoms with Gasteiger partial charge in [-0.15, -0.1) is 0 Å². The van der Waals surface area contributed by atoms with Crippen LogP contribution < -0.4 is 10.2 Å². The molecule has 0 spiro atoms. The normalized spacial score (nSPS) is 41.2. The number of hydrazone groups is 1. The SMILES string of the molecule is COc1ccc(/C=N/NC(=O)CC[C@@H](C)[C@H]2CC[C@H]3[C@@H]4CC[C@H]5C[C@H](O)CC[C@]5(C)[C@H]4C[C@H](O)[C@]23C)cc1. The molecule has 4 aliphatic carbocycles. The van der Waals surface area contributed by atoms with Crippen LogP contribution in [0.25, 0.3) is 0 Å². The topological polar surface area (TPSA) is 91.2 Å². The minimum atomic E-state index is -0.283. The highest BCUT2D eigenvalue weighted by atomic mass is 16.5. The Kier molecular flexibility index (Phi) is 7.94. The zero-order valence-corrected chi connectivity index (χ0v) is 23.7. The average molecular weight is 525 g/mol. The Morgan fingerprint density at radius 3 is 2.61 bits per heavy atom. The van der Waals surface area contributed by atoms with Gasteiger partial charge in [0.05, 0.1) is 25.5 Å². The van der Waals surface area contributed by atoms with E-state index in [4.69, 9.17) is 4.74 Å². The van der Waals surface area contributed by atoms with E-state index >= 15 is 0 Å². The van der Waals surface area contributed by atoms with Gasteiger partial charge in [0.2, 0.25) is 5.91 Å². The van der Waals surface area contributed by atoms with E-state index in [0.29, 0.717) is 41.9 Å². The fourth-order valence-electron chi connectivity index (χ4n) is 9.64. The van der Waals surface area contributed by atoms with Crippen LogP contribution in [0.3, 0.4) is 0 Å². The molecule has 0 unspecified atom stereocenters. The monoisotopic (exact) mass is 524 g/mol. The number of aliphatic hydroxyl groups is 2. The largest absolute Gasteiger partial charge is 0.497 e. The maximum absolute atomic E-state index is 12.5. The number of carbonyl (C=O) groups is 1. The predicted molar refractivity (Wildman–Crippen MR) is 150 cm³/mol. The van der Waals surface area contributed by atoms with E-state index < -0.39 is 0 Å². The number of carbonyl (C=O) groups excluding carboxylic acids is 1. The van der Waals surface area contributed by atoms with Crippen molar-refractivity contribution < 1.29 is 19.7 Å². The van der Waals surface area contributed by atoms with Crippen LogP contribution in [-0.2, 0) is 4.79 Å². The third kappa shape index (κ3) is 4.92. The van der Waals surface area contributed by atoms with E-state index in [0.717, 1.165) is 49.8 Å². The van der Waals surface area contributed by atoms with E-state index in [1.807, 2.05) is 24.3 Å². The van der Waals surface area contributed by atoms with Gasteiger partial charge in [-0.2, -0.15) is 5.10 Å². The maximum atomic E-state index is 12.5. The van der Waals surface area contributed by atoms with Crippen molar-refractivity contribution in [2.24, 2.45) is 51.4 Å². The number of ether oxygens (including phenoxy) is 1. The minimum Gasteiger partial charge on any atom is -0.497 e. The summed E-state index contributed by atoms with van der Waals surface area (Å²) in [7, 11) is 1.64. The molecule has 0 radical (unpaired) electrons. The van der Waals surface area contributed by atoms with Crippen LogP contribution in [-0.4, -0.2) is 41.7 Å². The molecule has 1 amide bonds. The predicted octanol–water partition coefficient (Wildman–Crippen LogP) is 5.55. The molecule has 3 N–H and O–H groups in total. The van der Waals surface area contributed by atoms with Crippen molar-refractivity contribution in [3.63, 3.8) is 0 Å². The first-order valence-corrected chi connectivity index (χ1v) is 15.0. The summed E-state index contributed by atoms with van der Waals surface area (Å²) in [5.41, 5.74) is 3.78. The van der Waals surface area contributed by atoms with E-state index in [2.05, 4.69) is 31.3 Å². The molecule has 4 saturated carbocycles. The van der Waals surface area contributed by atoms with Crippen molar-refractivity contribution in [1.82, 2.24) is 5.43 Å². The van der Waals surface area contributed by atoms with Crippen LogP contribution >= 0.6 is 0 Å². The molecule has 38 heavy (non-hydrogen) atoms. The number of nitrogens with zero attached hydrogens (tertiary/aromatic N) is 1. The summed E-state index contributed by atoms with van der Waals surface area (Å²) in [6.45, 7) is 7.12. The zero-order valence-electron chi connectivity index (χ0n) is 23.7. The van der Waals surface area contributed by atoms with Gasteiger partial charge in [-0.3, -0.25) is 4.79 Å². The van der Waals surface area contributed by atoms with Crippen molar-refractivity contribution in [2.75, 3.05) is 7.11 Å². The van der Waals surface area contributed by atoms with Crippen LogP contribution in [0, 0.1) is 46.3 Å². The second kappa shape index (κ2) is 10.9. The second-order valence-corrected chi connectivity index (χ2v) is 13.5. The Hall–Kier alpha value is -1.92. The third-order valence-corrected chi connectivity index (χ3v) is 11.8. The fourth-order valence-corrected chi connectivity index (χ4v) is 9.64. The molecule has 4 fully saturated rings. The summed E-state index contributed by atoms with van der Waals surface area (Å²) in [4.78, 5) is 12.5. The molecule has 0 aliphatic heterocycles. The quantitative estimate of drug-likeness (QED) is 0.322. The van der Waals surface area contributed by atoms with E-state index in [1.54, 1.807) is 13.3 Å². The molecular formula is C32H48N2O4. The van der Waals surface area contributed by atoms with Gasteiger partial charge in [-0.25, -0.2) is 5.43 Å². The number of methoxy groups -OCH3 is 1. The van der Waals surface area contributed by atoms with Crippen LogP contribution in [0.1, 0.15) is 90.5 Å². The molecule has 210 valence electrons. The van der Waals surface area contributed by atoms with Gasteiger partial charge in [-0.05, 0) is 134 Å². The molecule has 6 heteroatoms. The van der Waals surface area contributed by atoms with Crippen LogP contribution in [0.2, 0.25) is 0 Å². The lowest BCUT2D eigenvalue weighted by atomic mass is 9.43. The second-order valence-electron chi connectivity index (χ2n) is 13.5. The Bertz CT molecular complexity index is 1010. The summed E-state index contributed by atoms with van der Waals surface area (Å²) >= 11 is 0. The van der Waals surface area contributed by atoms with E-state index in [9.17, 15) is 15.0 Å². The standard InChI is InChI=1S/C32H48N2O4/c1-20(5-14-30(37)34-33-19-21-6-9-24(38-4)10-7-21)26-12-13-27-25-11-8-22-17-23(35)15-16-31(22,2)28(25)18-29(36)32(26,27)3/h6-7,9-10,19-20,22-23,25-29,35-36H,5,8,11-18H2,1-4H3,(H,34,37)/b33-19+/t20-,22+,23-,25+,26-,27+,28+,29+,31+,32-/m1/s1. The Labute approximate surface area is 228 Å². The summed E-state index contributed by atoms with van der Waals surface area (Å²) in [5.74, 6) is 3.98. The summed E-state index contributed by atoms with van der Waals surface area (Å²) < 4.78 is 5.17. The molecule has 5 rings (SSSR count). The number of benzene rings is 1. The number of hydrogen-bond acceptors (Lipinski definition) is 5. The lowest BCUT2D eigenvalue weighted by Crippen LogP contribution is -2.58. The lowest BCUT2D eigenvalue weighted by molar-refractivity contribution is -0.174. The number of nitrogens with one attached hydrogen (secondary N) is 1. The Balaban J connectivity index is 1.18. The Morgan fingerprint density at radius 1 is 1.11 bits per heavy atom. The van der Waals surface area contributed by atoms with Gasteiger partial charge in [0.15, 0.2) is 0 Å². The van der Waals surface area contributed by atoms with Crippen LogP contribution in [0.5, 0.6) is 5.75 Å². The first kappa shape index (κ1) is 27.6. The van der Waals surface area contributed by atoms with Crippen molar-refractivity contribution in [2.45, 2.75) is 97.2 Å². The molecule has 0 heterocycles. The number of aliphatic hydroxyl groups excluding tert-OH is 2. The van der Waals surface area contributed by atoms with Gasteiger partial charge in [-0.1, -0.05) is 20.8 Å². The molecule has 10 atom stereocenters. The highest BCUT2D eigenvalue weighted by Gasteiger charge is 2.63. The van der Waals surface area contributed by atoms with E-state index in [1.165, 1.54) is 19.3 Å². The van der Waals surface area contributed by atoms with Crippen LogP contribution in [0.4, 0.5) is 0 Å². The first-order chi connectivity index (χ1) is 18.2. The third-order valence-electron chi connectivity index (χ3n) is 11.8. The molecule has 1 aromatic carbocycles. The number of amides is 1. The molecule has 1 aromatic rings. The Morgan fingerprint density at radius 2 is 1.87 bits per heavy atom. The summed E-state index contributed by atoms with van der Waals surface area (Å²) in [6, 6.07) is 7.54. The molecule has 0 bridgehead atoms. The van der Waals surface area contributed by atoms with Crippen molar-refractivity contribution in [1.29, 1.82) is 0 Å². The molecule has 0 aromatic heterocycles. The minimum absolute atomic E-state index is 0.0590. The number of fused-ring (bicyclic) bond motifs is 5. The highest BCUT2D eigenvalue weighted by Crippen LogP contribution is 2.68.